The average Bonchev–Trinajstić information content (AvgIpc) is 2.38. The molecule has 0 aromatic heterocycles. The van der Waals surface area contributed by atoms with Crippen LogP contribution < -0.4 is 0 Å². The van der Waals surface area contributed by atoms with Gasteiger partial charge in [0, 0.05) is 18.9 Å². The summed E-state index contributed by atoms with van der Waals surface area (Å²) in [5.74, 6) is 0. The molecule has 19 heavy (non-hydrogen) atoms. The van der Waals surface area contributed by atoms with E-state index in [0.717, 1.165) is 23.9 Å². The summed E-state index contributed by atoms with van der Waals surface area (Å²) in [7, 11) is 2.23. The highest BCUT2D eigenvalue weighted by Crippen LogP contribution is 2.16. The van der Waals surface area contributed by atoms with Crippen LogP contribution in [0.3, 0.4) is 0 Å². The quantitative estimate of drug-likeness (QED) is 0.709. The highest BCUT2D eigenvalue weighted by Gasteiger charge is 2.19. The van der Waals surface area contributed by atoms with Crippen LogP contribution in [0.5, 0.6) is 0 Å². The number of alkyl halides is 1. The molecular formula is C13H21BrN2O2S. The van der Waals surface area contributed by atoms with Crippen molar-refractivity contribution in [2.24, 2.45) is 0 Å². The maximum Gasteiger partial charge on any atom is 0.242 e. The molecule has 0 saturated heterocycles. The molecule has 0 aliphatic heterocycles. The Morgan fingerprint density at radius 2 is 1.63 bits per heavy atom. The second-order valence-corrected chi connectivity index (χ2v) is 7.37. The summed E-state index contributed by atoms with van der Waals surface area (Å²) in [6.07, 6.45) is 0.822. The van der Waals surface area contributed by atoms with E-state index in [0.29, 0.717) is 11.4 Å². The Bertz CT molecular complexity index is 486. The molecule has 6 heteroatoms. The van der Waals surface area contributed by atoms with Gasteiger partial charge in [0.2, 0.25) is 10.0 Å². The van der Waals surface area contributed by atoms with Crippen molar-refractivity contribution in [3.05, 3.63) is 29.8 Å². The highest BCUT2D eigenvalue weighted by molar-refractivity contribution is 9.08. The molecule has 1 aromatic carbocycles. The lowest BCUT2D eigenvalue weighted by Crippen LogP contribution is -2.29. The van der Waals surface area contributed by atoms with Gasteiger partial charge in [-0.05, 0) is 44.8 Å². The van der Waals surface area contributed by atoms with E-state index in [1.54, 1.807) is 19.2 Å². The van der Waals surface area contributed by atoms with E-state index in [1.807, 2.05) is 31.1 Å². The van der Waals surface area contributed by atoms with Crippen molar-refractivity contribution in [3.8, 4) is 0 Å². The Labute approximate surface area is 124 Å². The molecule has 0 saturated carbocycles. The first-order valence-corrected chi connectivity index (χ1v) is 8.70. The van der Waals surface area contributed by atoms with Crippen molar-refractivity contribution in [1.82, 2.24) is 9.21 Å². The van der Waals surface area contributed by atoms with Crippen LogP contribution in [-0.4, -0.2) is 51.9 Å². The second kappa shape index (κ2) is 7.38. The minimum atomic E-state index is -3.36. The van der Waals surface area contributed by atoms with Crippen LogP contribution in [0, 0.1) is 0 Å². The zero-order valence-corrected chi connectivity index (χ0v) is 14.0. The van der Waals surface area contributed by atoms with E-state index in [2.05, 4.69) is 15.9 Å². The lowest BCUT2D eigenvalue weighted by molar-refractivity contribution is 0.370. The Kier molecular flexibility index (Phi) is 6.46. The van der Waals surface area contributed by atoms with Gasteiger partial charge in [-0.15, -0.1) is 0 Å². The predicted molar refractivity (Wildman–Crippen MR) is 82.1 cm³/mol. The number of sulfonamides is 1. The predicted octanol–water partition coefficient (Wildman–Crippen LogP) is 2.15. The van der Waals surface area contributed by atoms with Crippen molar-refractivity contribution in [2.45, 2.75) is 16.6 Å². The van der Waals surface area contributed by atoms with Crippen LogP contribution in [0.2, 0.25) is 0 Å². The summed E-state index contributed by atoms with van der Waals surface area (Å²) in [5, 5.41) is 0.728. The second-order valence-electron chi connectivity index (χ2n) is 4.76. The van der Waals surface area contributed by atoms with Crippen LogP contribution in [0.1, 0.15) is 12.0 Å². The van der Waals surface area contributed by atoms with Gasteiger partial charge in [0.25, 0.3) is 0 Å². The largest absolute Gasteiger partial charge is 0.309 e. The van der Waals surface area contributed by atoms with Crippen LogP contribution in [0.15, 0.2) is 29.2 Å². The number of halogens is 1. The molecule has 1 rings (SSSR count). The third-order valence-electron chi connectivity index (χ3n) is 2.86. The third-order valence-corrected chi connectivity index (χ3v) is 5.38. The summed E-state index contributed by atoms with van der Waals surface area (Å²) < 4.78 is 26.0. The van der Waals surface area contributed by atoms with Gasteiger partial charge in [-0.2, -0.15) is 0 Å². The summed E-state index contributed by atoms with van der Waals surface area (Å²) >= 11 is 3.34. The van der Waals surface area contributed by atoms with Crippen LogP contribution in [0.25, 0.3) is 0 Å². The van der Waals surface area contributed by atoms with Crippen LogP contribution in [-0.2, 0) is 15.4 Å². The smallest absolute Gasteiger partial charge is 0.242 e. The van der Waals surface area contributed by atoms with E-state index in [4.69, 9.17) is 0 Å². The Balaban J connectivity index is 2.72. The Morgan fingerprint density at radius 3 is 2.11 bits per heavy atom. The van der Waals surface area contributed by atoms with Gasteiger partial charge in [-0.1, -0.05) is 28.1 Å². The van der Waals surface area contributed by atoms with Gasteiger partial charge >= 0.3 is 0 Å². The summed E-state index contributed by atoms with van der Waals surface area (Å²) in [6.45, 7) is 1.41. The van der Waals surface area contributed by atoms with Crippen molar-refractivity contribution < 1.29 is 8.42 Å². The standard InChI is InChI=1S/C13H21BrN2O2S/c1-15(2)9-4-10-16(3)19(17,18)13-7-5-12(11-14)6-8-13/h5-8H,4,9-11H2,1-3H3. The average molecular weight is 349 g/mol. The molecule has 0 spiro atoms. The monoisotopic (exact) mass is 348 g/mol. The van der Waals surface area contributed by atoms with Gasteiger partial charge in [-0.25, -0.2) is 12.7 Å². The molecule has 1 aromatic rings. The molecule has 0 N–H and O–H groups in total. The minimum Gasteiger partial charge on any atom is -0.309 e. The van der Waals surface area contributed by atoms with Gasteiger partial charge in [-0.3, -0.25) is 0 Å². The zero-order chi connectivity index (χ0) is 14.5. The molecule has 0 bridgehead atoms. The maximum atomic E-state index is 12.3. The van der Waals surface area contributed by atoms with Crippen molar-refractivity contribution in [2.75, 3.05) is 34.2 Å². The summed E-state index contributed by atoms with van der Waals surface area (Å²) in [5.41, 5.74) is 1.06. The number of rotatable bonds is 7. The summed E-state index contributed by atoms with van der Waals surface area (Å²) in [6, 6.07) is 6.98. The molecule has 0 aliphatic carbocycles. The normalized spacial score (nSPS) is 12.3. The van der Waals surface area contributed by atoms with Gasteiger partial charge in [0.15, 0.2) is 0 Å². The van der Waals surface area contributed by atoms with Crippen molar-refractivity contribution in [1.29, 1.82) is 0 Å². The minimum absolute atomic E-state index is 0.351. The topological polar surface area (TPSA) is 40.6 Å². The third kappa shape index (κ3) is 4.87. The number of hydrogen-bond acceptors (Lipinski definition) is 3. The summed E-state index contributed by atoms with van der Waals surface area (Å²) in [4.78, 5) is 2.40. The SMILES string of the molecule is CN(C)CCCN(C)S(=O)(=O)c1ccc(CBr)cc1. The van der Waals surface area contributed by atoms with Crippen LogP contribution in [0.4, 0.5) is 0 Å². The molecule has 0 heterocycles. The van der Waals surface area contributed by atoms with E-state index in [-0.39, 0.29) is 0 Å². The van der Waals surface area contributed by atoms with Gasteiger partial charge in [0.1, 0.15) is 0 Å². The molecule has 0 aliphatic rings. The zero-order valence-electron chi connectivity index (χ0n) is 11.6. The molecule has 0 amide bonds. The van der Waals surface area contributed by atoms with Crippen molar-refractivity contribution >= 4 is 26.0 Å². The first-order valence-electron chi connectivity index (χ1n) is 6.14. The Hall–Kier alpha value is -0.430. The van der Waals surface area contributed by atoms with Crippen molar-refractivity contribution in [3.63, 3.8) is 0 Å². The molecule has 0 atom stereocenters. The lowest BCUT2D eigenvalue weighted by Gasteiger charge is -2.18. The first-order chi connectivity index (χ1) is 8.87. The first kappa shape index (κ1) is 16.6. The molecule has 0 fully saturated rings. The van der Waals surface area contributed by atoms with Gasteiger partial charge in [0.05, 0.1) is 4.90 Å². The van der Waals surface area contributed by atoms with E-state index < -0.39 is 10.0 Å². The molecule has 108 valence electrons. The Morgan fingerprint density at radius 1 is 1.05 bits per heavy atom. The molecule has 0 unspecified atom stereocenters. The number of benzene rings is 1. The highest BCUT2D eigenvalue weighted by atomic mass is 79.9. The molecule has 4 nitrogen and oxygen atoms in total. The van der Waals surface area contributed by atoms with Gasteiger partial charge < -0.3 is 4.90 Å². The van der Waals surface area contributed by atoms with E-state index in [1.165, 1.54) is 4.31 Å². The fourth-order valence-corrected chi connectivity index (χ4v) is 3.24. The lowest BCUT2D eigenvalue weighted by atomic mass is 10.2. The number of nitrogens with zero attached hydrogens (tertiary/aromatic N) is 2. The fourth-order valence-electron chi connectivity index (χ4n) is 1.66. The van der Waals surface area contributed by atoms with Crippen LogP contribution >= 0.6 is 15.9 Å². The number of hydrogen-bond donors (Lipinski definition) is 0. The molecular weight excluding hydrogens is 328 g/mol. The van der Waals surface area contributed by atoms with E-state index in [9.17, 15) is 8.42 Å². The maximum absolute atomic E-state index is 12.3. The molecule has 0 radical (unpaired) electrons. The fraction of sp³-hybridized carbons (Fsp3) is 0.538. The van der Waals surface area contributed by atoms with E-state index >= 15 is 0 Å².